The molecule has 2 heterocycles. The van der Waals surface area contributed by atoms with Crippen LogP contribution in [0.15, 0.2) is 12.3 Å². The number of hydrogen-bond acceptors (Lipinski definition) is 5. The minimum atomic E-state index is -0.628. The highest BCUT2D eigenvalue weighted by atomic mass is 16.7. The molecular formula is C11H17BN2O4. The molecule has 98 valence electrons. The molecule has 0 spiro atoms. The summed E-state index contributed by atoms with van der Waals surface area (Å²) in [6, 6.07) is 1.68. The molecule has 2 rings (SSSR count). The number of ether oxygens (including phenoxy) is 1. The van der Waals surface area contributed by atoms with Crippen molar-refractivity contribution in [2.45, 2.75) is 38.9 Å². The summed E-state index contributed by atoms with van der Waals surface area (Å²) in [5.41, 5.74) is -0.383. The number of carbonyl (C=O) groups is 1. The Kier molecular flexibility index (Phi) is 2.99. The van der Waals surface area contributed by atoms with Crippen LogP contribution in [0.3, 0.4) is 0 Å². The molecule has 1 saturated heterocycles. The fourth-order valence-corrected chi connectivity index (χ4v) is 1.69. The molecule has 1 fully saturated rings. The van der Waals surface area contributed by atoms with Gasteiger partial charge in [-0.25, -0.2) is 4.79 Å². The average Bonchev–Trinajstić information content (AvgIpc) is 2.81. The fraction of sp³-hybridized carbons (Fsp3) is 0.636. The third-order valence-electron chi connectivity index (χ3n) is 3.51. The molecule has 0 bridgehead atoms. The van der Waals surface area contributed by atoms with Gasteiger partial charge in [-0.2, -0.15) is 9.78 Å². The smallest absolute Gasteiger partial charge is 0.451 e. The largest absolute Gasteiger partial charge is 0.514 e. The van der Waals surface area contributed by atoms with Crippen LogP contribution in [0, 0.1) is 0 Å². The third kappa shape index (κ3) is 1.93. The lowest BCUT2D eigenvalue weighted by Gasteiger charge is -2.32. The van der Waals surface area contributed by atoms with E-state index in [4.69, 9.17) is 9.31 Å². The van der Waals surface area contributed by atoms with E-state index in [-0.39, 0.29) is 0 Å². The molecule has 18 heavy (non-hydrogen) atoms. The van der Waals surface area contributed by atoms with Crippen LogP contribution in [0.1, 0.15) is 27.7 Å². The molecule has 0 saturated carbocycles. The predicted octanol–water partition coefficient (Wildman–Crippen LogP) is 0.797. The Balaban J connectivity index is 2.30. The van der Waals surface area contributed by atoms with Crippen LogP contribution in [0.2, 0.25) is 0 Å². The van der Waals surface area contributed by atoms with Crippen molar-refractivity contribution in [3.8, 4) is 0 Å². The summed E-state index contributed by atoms with van der Waals surface area (Å²) < 4.78 is 17.5. The van der Waals surface area contributed by atoms with E-state index in [9.17, 15) is 4.79 Å². The molecule has 0 N–H and O–H groups in total. The number of aromatic nitrogens is 2. The number of carbonyl (C=O) groups excluding carboxylic acids is 1. The second-order valence-corrected chi connectivity index (χ2v) is 5.23. The van der Waals surface area contributed by atoms with Gasteiger partial charge in [-0.1, -0.05) is 0 Å². The molecular weight excluding hydrogens is 235 g/mol. The van der Waals surface area contributed by atoms with E-state index in [0.717, 1.165) is 4.68 Å². The highest BCUT2D eigenvalue weighted by Crippen LogP contribution is 2.36. The molecule has 0 amide bonds. The van der Waals surface area contributed by atoms with Crippen molar-refractivity contribution in [3.63, 3.8) is 0 Å². The standard InChI is InChI=1S/C11H17BN2O4/c1-10(2)11(3,4)18-12(17-10)8-6-7-13-14(8)9(15)16-5/h6-7H,1-5H3. The minimum Gasteiger partial charge on any atom is -0.451 e. The molecule has 0 atom stereocenters. The van der Waals surface area contributed by atoms with Crippen molar-refractivity contribution in [1.29, 1.82) is 0 Å². The topological polar surface area (TPSA) is 62.6 Å². The van der Waals surface area contributed by atoms with Crippen molar-refractivity contribution in [1.82, 2.24) is 9.78 Å². The van der Waals surface area contributed by atoms with Gasteiger partial charge >= 0.3 is 13.2 Å². The highest BCUT2D eigenvalue weighted by Gasteiger charge is 2.53. The number of hydrogen-bond donors (Lipinski definition) is 0. The van der Waals surface area contributed by atoms with Crippen LogP contribution < -0.4 is 5.59 Å². The summed E-state index contributed by atoms with van der Waals surface area (Å²) in [7, 11) is 0.675. The van der Waals surface area contributed by atoms with E-state index < -0.39 is 24.4 Å². The SMILES string of the molecule is COC(=O)n1nccc1B1OC(C)(C)C(C)(C)O1. The quantitative estimate of drug-likeness (QED) is 0.691. The van der Waals surface area contributed by atoms with E-state index in [1.54, 1.807) is 6.07 Å². The van der Waals surface area contributed by atoms with Crippen molar-refractivity contribution < 1.29 is 18.8 Å². The van der Waals surface area contributed by atoms with Gasteiger partial charge in [0.05, 0.1) is 23.9 Å². The maximum absolute atomic E-state index is 11.5. The zero-order chi connectivity index (χ0) is 13.6. The van der Waals surface area contributed by atoms with Crippen LogP contribution in [0.5, 0.6) is 0 Å². The normalized spacial score (nSPS) is 21.1. The van der Waals surface area contributed by atoms with Gasteiger partial charge in [-0.15, -0.1) is 0 Å². The van der Waals surface area contributed by atoms with E-state index in [1.165, 1.54) is 13.3 Å². The van der Waals surface area contributed by atoms with Gasteiger partial charge < -0.3 is 14.0 Å². The van der Waals surface area contributed by atoms with Gasteiger partial charge in [0, 0.05) is 6.20 Å². The molecule has 1 aromatic rings. The first kappa shape index (κ1) is 13.1. The monoisotopic (exact) mass is 252 g/mol. The Bertz CT molecular complexity index is 453. The Labute approximate surface area is 106 Å². The first-order valence-electron chi connectivity index (χ1n) is 5.76. The van der Waals surface area contributed by atoms with Gasteiger partial charge in [0.25, 0.3) is 0 Å². The fourth-order valence-electron chi connectivity index (χ4n) is 1.69. The second-order valence-electron chi connectivity index (χ2n) is 5.23. The summed E-state index contributed by atoms with van der Waals surface area (Å²) in [4.78, 5) is 11.5. The molecule has 0 aliphatic carbocycles. The summed E-state index contributed by atoms with van der Waals surface area (Å²) in [6.07, 6.45) is 0.946. The Morgan fingerprint density at radius 1 is 1.33 bits per heavy atom. The van der Waals surface area contributed by atoms with Crippen molar-refractivity contribution >= 4 is 18.8 Å². The lowest BCUT2D eigenvalue weighted by atomic mass is 9.85. The van der Waals surface area contributed by atoms with Crippen molar-refractivity contribution in [2.24, 2.45) is 0 Å². The van der Waals surface area contributed by atoms with Crippen molar-refractivity contribution in [3.05, 3.63) is 12.3 Å². The molecule has 0 radical (unpaired) electrons. The summed E-state index contributed by atoms with van der Waals surface area (Å²) in [5, 5.41) is 3.91. The van der Waals surface area contributed by atoms with Gasteiger partial charge in [0.1, 0.15) is 0 Å². The van der Waals surface area contributed by atoms with Gasteiger partial charge in [0.2, 0.25) is 0 Å². The molecule has 7 heteroatoms. The lowest BCUT2D eigenvalue weighted by molar-refractivity contribution is 0.00578. The molecule has 6 nitrogen and oxygen atoms in total. The lowest BCUT2D eigenvalue weighted by Crippen LogP contribution is -2.42. The first-order chi connectivity index (χ1) is 8.28. The first-order valence-corrected chi connectivity index (χ1v) is 5.76. The highest BCUT2D eigenvalue weighted by molar-refractivity contribution is 6.61. The average molecular weight is 252 g/mol. The van der Waals surface area contributed by atoms with Gasteiger partial charge in [-0.05, 0) is 33.8 Å². The molecule has 0 unspecified atom stereocenters. The minimum absolute atomic E-state index is 0.455. The zero-order valence-corrected chi connectivity index (χ0v) is 11.3. The second kappa shape index (κ2) is 4.10. The predicted molar refractivity (Wildman–Crippen MR) is 65.7 cm³/mol. The summed E-state index contributed by atoms with van der Waals surface area (Å²) in [5.74, 6) is 0. The van der Waals surface area contributed by atoms with E-state index >= 15 is 0 Å². The van der Waals surface area contributed by atoms with Crippen LogP contribution in [0.4, 0.5) is 4.79 Å². The van der Waals surface area contributed by atoms with Crippen LogP contribution >= 0.6 is 0 Å². The third-order valence-corrected chi connectivity index (χ3v) is 3.51. The molecule has 1 aromatic heterocycles. The van der Waals surface area contributed by atoms with Crippen molar-refractivity contribution in [2.75, 3.05) is 7.11 Å². The number of methoxy groups -OCH3 is 1. The molecule has 1 aliphatic rings. The molecule has 1 aliphatic heterocycles. The number of nitrogens with zero attached hydrogens (tertiary/aromatic N) is 2. The van der Waals surface area contributed by atoms with E-state index in [1.807, 2.05) is 27.7 Å². The summed E-state index contributed by atoms with van der Waals surface area (Å²) in [6.45, 7) is 7.80. The zero-order valence-electron chi connectivity index (χ0n) is 11.3. The van der Waals surface area contributed by atoms with E-state index in [2.05, 4.69) is 9.84 Å². The van der Waals surface area contributed by atoms with Gasteiger partial charge in [0.15, 0.2) is 0 Å². The van der Waals surface area contributed by atoms with Crippen LogP contribution in [-0.4, -0.2) is 41.3 Å². The van der Waals surface area contributed by atoms with Crippen LogP contribution in [0.25, 0.3) is 0 Å². The maximum atomic E-state index is 11.5. The Hall–Kier alpha value is -1.34. The maximum Gasteiger partial charge on any atom is 0.514 e. The summed E-state index contributed by atoms with van der Waals surface area (Å²) >= 11 is 0. The van der Waals surface area contributed by atoms with Gasteiger partial charge in [-0.3, -0.25) is 0 Å². The number of rotatable bonds is 1. The molecule has 0 aromatic carbocycles. The Morgan fingerprint density at radius 3 is 2.39 bits per heavy atom. The van der Waals surface area contributed by atoms with E-state index in [0.29, 0.717) is 5.59 Å². The van der Waals surface area contributed by atoms with Crippen LogP contribution in [-0.2, 0) is 14.0 Å². The Morgan fingerprint density at radius 2 is 1.89 bits per heavy atom.